The van der Waals surface area contributed by atoms with Gasteiger partial charge < -0.3 is 15.6 Å². The average Bonchev–Trinajstić information content (AvgIpc) is 3.01. The Bertz CT molecular complexity index is 726. The second-order valence-electron chi connectivity index (χ2n) is 4.76. The molecule has 1 saturated heterocycles. The molecule has 20 heavy (non-hydrogen) atoms. The van der Waals surface area contributed by atoms with Crippen LogP contribution in [0.2, 0.25) is 0 Å². The molecule has 1 atom stereocenters. The van der Waals surface area contributed by atoms with Crippen molar-refractivity contribution in [2.24, 2.45) is 0 Å². The lowest BCUT2D eigenvalue weighted by Gasteiger charge is -2.12. The van der Waals surface area contributed by atoms with E-state index < -0.39 is 9.84 Å². The van der Waals surface area contributed by atoms with Crippen LogP contribution >= 0.6 is 0 Å². The lowest BCUT2D eigenvalue weighted by molar-refractivity contribution is 0.591. The summed E-state index contributed by atoms with van der Waals surface area (Å²) in [5, 5.41) is 5.62. The van der Waals surface area contributed by atoms with Gasteiger partial charge in [-0.1, -0.05) is 0 Å². The standard InChI is InChI=1S/C11H16N6O2S/c1-12-11-16-9(8-10(17-11)15-6-14-8)13-5-7-3-2-4-20(7,18)19/h6-7H,2-5H2,1H3,(H3,12,13,14,15,16,17). The number of nitrogens with zero attached hydrogens (tertiary/aromatic N) is 3. The molecule has 3 rings (SSSR count). The number of imidazole rings is 1. The molecule has 2 aromatic rings. The first kappa shape index (κ1) is 13.1. The molecule has 9 heteroatoms. The normalized spacial score (nSPS) is 21.1. The second-order valence-corrected chi connectivity index (χ2v) is 7.16. The summed E-state index contributed by atoms with van der Waals surface area (Å²) in [6, 6.07) is 0. The molecule has 108 valence electrons. The molecule has 0 bridgehead atoms. The van der Waals surface area contributed by atoms with E-state index in [-0.39, 0.29) is 11.0 Å². The Hall–Kier alpha value is -1.90. The zero-order chi connectivity index (χ0) is 14.2. The first-order valence-corrected chi connectivity index (χ1v) is 8.16. The summed E-state index contributed by atoms with van der Waals surface area (Å²) >= 11 is 0. The van der Waals surface area contributed by atoms with Gasteiger partial charge >= 0.3 is 0 Å². The van der Waals surface area contributed by atoms with Crippen LogP contribution in [-0.2, 0) is 9.84 Å². The van der Waals surface area contributed by atoms with Crippen molar-refractivity contribution >= 4 is 32.8 Å². The molecule has 0 aromatic carbocycles. The highest BCUT2D eigenvalue weighted by atomic mass is 32.2. The van der Waals surface area contributed by atoms with Crippen molar-refractivity contribution in [1.82, 2.24) is 19.9 Å². The largest absolute Gasteiger partial charge is 0.367 e. The highest BCUT2D eigenvalue weighted by molar-refractivity contribution is 7.92. The molecular weight excluding hydrogens is 280 g/mol. The van der Waals surface area contributed by atoms with Crippen LogP contribution in [-0.4, -0.2) is 52.9 Å². The third kappa shape index (κ3) is 2.28. The minimum atomic E-state index is -2.96. The Morgan fingerprint density at radius 1 is 1.45 bits per heavy atom. The van der Waals surface area contributed by atoms with Crippen molar-refractivity contribution in [1.29, 1.82) is 0 Å². The van der Waals surface area contributed by atoms with Gasteiger partial charge in [0.2, 0.25) is 5.95 Å². The molecule has 2 aromatic heterocycles. The van der Waals surface area contributed by atoms with Crippen LogP contribution in [0, 0.1) is 0 Å². The minimum absolute atomic E-state index is 0.282. The van der Waals surface area contributed by atoms with Crippen molar-refractivity contribution in [2.45, 2.75) is 18.1 Å². The first-order chi connectivity index (χ1) is 9.60. The summed E-state index contributed by atoms with van der Waals surface area (Å²) in [5.74, 6) is 1.30. The monoisotopic (exact) mass is 296 g/mol. The van der Waals surface area contributed by atoms with Gasteiger partial charge in [-0.05, 0) is 12.8 Å². The third-order valence-corrected chi connectivity index (χ3v) is 5.75. The van der Waals surface area contributed by atoms with Gasteiger partial charge in [0.25, 0.3) is 0 Å². The van der Waals surface area contributed by atoms with Gasteiger partial charge in [0, 0.05) is 13.6 Å². The topological polar surface area (TPSA) is 113 Å². The number of aromatic amines is 1. The van der Waals surface area contributed by atoms with Gasteiger partial charge in [-0.15, -0.1) is 0 Å². The van der Waals surface area contributed by atoms with E-state index in [2.05, 4.69) is 30.6 Å². The van der Waals surface area contributed by atoms with Crippen molar-refractivity contribution in [2.75, 3.05) is 30.0 Å². The molecule has 1 fully saturated rings. The Balaban J connectivity index is 1.85. The number of hydrogen-bond donors (Lipinski definition) is 3. The summed E-state index contributed by atoms with van der Waals surface area (Å²) in [4.78, 5) is 15.6. The molecule has 8 nitrogen and oxygen atoms in total. The van der Waals surface area contributed by atoms with Crippen molar-refractivity contribution < 1.29 is 8.42 Å². The molecule has 0 saturated carbocycles. The Morgan fingerprint density at radius 2 is 2.30 bits per heavy atom. The van der Waals surface area contributed by atoms with Crippen LogP contribution in [0.1, 0.15) is 12.8 Å². The first-order valence-electron chi connectivity index (χ1n) is 6.44. The van der Waals surface area contributed by atoms with Crippen LogP contribution in [0.15, 0.2) is 6.33 Å². The lowest BCUT2D eigenvalue weighted by Crippen LogP contribution is -2.25. The van der Waals surface area contributed by atoms with Crippen LogP contribution in [0.25, 0.3) is 11.2 Å². The van der Waals surface area contributed by atoms with Crippen LogP contribution in [0.4, 0.5) is 11.8 Å². The zero-order valence-electron chi connectivity index (χ0n) is 11.0. The van der Waals surface area contributed by atoms with Gasteiger partial charge in [0.1, 0.15) is 5.52 Å². The van der Waals surface area contributed by atoms with E-state index in [1.54, 1.807) is 7.05 Å². The van der Waals surface area contributed by atoms with Gasteiger partial charge in [-0.25, -0.2) is 13.4 Å². The Labute approximate surface area is 116 Å². The number of sulfone groups is 1. The van der Waals surface area contributed by atoms with E-state index in [0.29, 0.717) is 35.9 Å². The highest BCUT2D eigenvalue weighted by Crippen LogP contribution is 2.22. The highest BCUT2D eigenvalue weighted by Gasteiger charge is 2.31. The maximum Gasteiger partial charge on any atom is 0.226 e. The van der Waals surface area contributed by atoms with E-state index >= 15 is 0 Å². The maximum absolute atomic E-state index is 11.8. The van der Waals surface area contributed by atoms with Gasteiger partial charge in [-0.2, -0.15) is 9.97 Å². The van der Waals surface area contributed by atoms with Gasteiger partial charge in [0.05, 0.1) is 17.3 Å². The molecule has 0 aliphatic carbocycles. The predicted molar refractivity (Wildman–Crippen MR) is 76.5 cm³/mol. The van der Waals surface area contributed by atoms with Gasteiger partial charge in [-0.3, -0.25) is 0 Å². The summed E-state index contributed by atoms with van der Waals surface area (Å²) in [6.07, 6.45) is 2.97. The zero-order valence-corrected chi connectivity index (χ0v) is 11.9. The molecule has 1 aliphatic heterocycles. The number of rotatable bonds is 4. The SMILES string of the molecule is CNc1nc(NCC2CCCS2(=O)=O)c2[nH]cnc2n1. The summed E-state index contributed by atoms with van der Waals surface area (Å²) in [5.41, 5.74) is 1.22. The van der Waals surface area contributed by atoms with Crippen molar-refractivity contribution in [3.63, 3.8) is 0 Å². The molecule has 3 N–H and O–H groups in total. The number of H-pyrrole nitrogens is 1. The summed E-state index contributed by atoms with van der Waals surface area (Å²) in [7, 11) is -1.24. The van der Waals surface area contributed by atoms with Crippen molar-refractivity contribution in [3.8, 4) is 0 Å². The van der Waals surface area contributed by atoms with E-state index in [1.165, 1.54) is 6.33 Å². The average molecular weight is 296 g/mol. The third-order valence-electron chi connectivity index (χ3n) is 3.47. The fourth-order valence-electron chi connectivity index (χ4n) is 2.37. The number of anilines is 2. The van der Waals surface area contributed by atoms with Crippen LogP contribution in [0.5, 0.6) is 0 Å². The fourth-order valence-corrected chi connectivity index (χ4v) is 4.14. The van der Waals surface area contributed by atoms with Crippen LogP contribution in [0.3, 0.4) is 0 Å². The summed E-state index contributed by atoms with van der Waals surface area (Å²) in [6.45, 7) is 0.358. The maximum atomic E-state index is 11.8. The number of nitrogens with one attached hydrogen (secondary N) is 3. The predicted octanol–water partition coefficient (Wildman–Crippen LogP) is 0.384. The number of hydrogen-bond acceptors (Lipinski definition) is 7. The summed E-state index contributed by atoms with van der Waals surface area (Å²) < 4.78 is 23.6. The number of aromatic nitrogens is 4. The van der Waals surface area contributed by atoms with E-state index in [1.807, 2.05) is 0 Å². The number of fused-ring (bicyclic) bond motifs is 1. The van der Waals surface area contributed by atoms with E-state index in [9.17, 15) is 8.42 Å². The molecule has 1 unspecified atom stereocenters. The molecule has 1 aliphatic rings. The van der Waals surface area contributed by atoms with E-state index in [4.69, 9.17) is 0 Å². The molecule has 0 radical (unpaired) electrons. The quantitative estimate of drug-likeness (QED) is 0.747. The minimum Gasteiger partial charge on any atom is -0.367 e. The van der Waals surface area contributed by atoms with Crippen LogP contribution < -0.4 is 10.6 Å². The molecule has 3 heterocycles. The Kier molecular flexibility index (Phi) is 3.20. The van der Waals surface area contributed by atoms with Gasteiger partial charge in [0.15, 0.2) is 21.3 Å². The Morgan fingerprint density at radius 3 is 3.00 bits per heavy atom. The molecule has 0 amide bonds. The van der Waals surface area contributed by atoms with E-state index in [0.717, 1.165) is 6.42 Å². The smallest absolute Gasteiger partial charge is 0.226 e. The second kappa shape index (κ2) is 4.89. The lowest BCUT2D eigenvalue weighted by atomic mass is 10.2. The van der Waals surface area contributed by atoms with Crippen molar-refractivity contribution in [3.05, 3.63) is 6.33 Å². The molecule has 0 spiro atoms. The molecular formula is C11H16N6O2S. The fraction of sp³-hybridized carbons (Fsp3) is 0.545.